The Morgan fingerprint density at radius 2 is 1.68 bits per heavy atom. The number of nitrogens with one attached hydrogen (secondary N) is 1. The molecule has 2 heterocycles. The molecule has 0 radical (unpaired) electrons. The van der Waals surface area contributed by atoms with Crippen LogP contribution in [-0.4, -0.2) is 65.4 Å². The van der Waals surface area contributed by atoms with Gasteiger partial charge < -0.3 is 10.2 Å². The minimum absolute atomic E-state index is 0.0583. The molecule has 10 heteroatoms. The molecule has 3 aromatic rings. The van der Waals surface area contributed by atoms with E-state index in [4.69, 9.17) is 0 Å². The molecule has 34 heavy (non-hydrogen) atoms. The smallest absolute Gasteiger partial charge is 0.251 e. The van der Waals surface area contributed by atoms with Gasteiger partial charge in [-0.2, -0.15) is 9.40 Å². The Bertz CT molecular complexity index is 1250. The first-order valence-corrected chi connectivity index (χ1v) is 12.5. The summed E-state index contributed by atoms with van der Waals surface area (Å²) < 4.78 is 29.0. The summed E-state index contributed by atoms with van der Waals surface area (Å²) in [7, 11) is -3.68. The number of rotatable bonds is 7. The van der Waals surface area contributed by atoms with Gasteiger partial charge >= 0.3 is 0 Å². The van der Waals surface area contributed by atoms with E-state index in [1.54, 1.807) is 11.1 Å². The van der Waals surface area contributed by atoms with Gasteiger partial charge in [0.2, 0.25) is 15.9 Å². The standard InChI is InChI=1S/C24H27N5O4S/c1-19(30)27-12-14-29(15-13-27)34(32,33)23-8-6-22(7-9-23)24(31)25-17-20-4-2-5-21(16-20)18-28-11-3-10-26-28/h2-11,16H,12-15,17-18H2,1H3,(H,25,31). The third-order valence-electron chi connectivity index (χ3n) is 5.79. The lowest BCUT2D eigenvalue weighted by atomic mass is 10.1. The molecule has 1 aliphatic rings. The number of amides is 2. The van der Waals surface area contributed by atoms with Crippen molar-refractivity contribution in [1.82, 2.24) is 24.3 Å². The lowest BCUT2D eigenvalue weighted by Crippen LogP contribution is -2.49. The normalized spacial score (nSPS) is 14.7. The molecule has 1 fully saturated rings. The highest BCUT2D eigenvalue weighted by Gasteiger charge is 2.29. The SMILES string of the molecule is CC(=O)N1CCN(S(=O)(=O)c2ccc(C(=O)NCc3cccc(Cn4cccn4)c3)cc2)CC1. The number of carbonyl (C=O) groups is 2. The fourth-order valence-electron chi connectivity index (χ4n) is 3.87. The van der Waals surface area contributed by atoms with Crippen LogP contribution in [0.3, 0.4) is 0 Å². The highest BCUT2D eigenvalue weighted by Crippen LogP contribution is 2.18. The van der Waals surface area contributed by atoms with E-state index in [9.17, 15) is 18.0 Å². The van der Waals surface area contributed by atoms with Crippen LogP contribution >= 0.6 is 0 Å². The summed E-state index contributed by atoms with van der Waals surface area (Å²) in [5, 5.41) is 7.08. The van der Waals surface area contributed by atoms with Crippen molar-refractivity contribution in [2.75, 3.05) is 26.2 Å². The van der Waals surface area contributed by atoms with Gasteiger partial charge in [0.05, 0.1) is 11.4 Å². The van der Waals surface area contributed by atoms with E-state index >= 15 is 0 Å². The molecule has 1 aromatic heterocycles. The van der Waals surface area contributed by atoms with E-state index in [-0.39, 0.29) is 29.8 Å². The predicted octanol–water partition coefficient (Wildman–Crippen LogP) is 1.71. The van der Waals surface area contributed by atoms with Crippen molar-refractivity contribution < 1.29 is 18.0 Å². The van der Waals surface area contributed by atoms with Gasteiger partial charge in [-0.3, -0.25) is 14.3 Å². The average Bonchev–Trinajstić information content (AvgIpc) is 3.36. The Morgan fingerprint density at radius 1 is 0.971 bits per heavy atom. The quantitative estimate of drug-likeness (QED) is 0.553. The molecule has 0 spiro atoms. The fraction of sp³-hybridized carbons (Fsp3) is 0.292. The molecule has 178 valence electrons. The maximum atomic E-state index is 12.9. The molecule has 4 rings (SSSR count). The molecule has 1 aliphatic heterocycles. The van der Waals surface area contributed by atoms with Gasteiger partial charge in [0.15, 0.2) is 0 Å². The number of piperazine rings is 1. The monoisotopic (exact) mass is 481 g/mol. The average molecular weight is 482 g/mol. The molecule has 1 saturated heterocycles. The van der Waals surface area contributed by atoms with E-state index in [1.165, 1.54) is 35.5 Å². The van der Waals surface area contributed by atoms with Crippen molar-refractivity contribution in [3.8, 4) is 0 Å². The maximum Gasteiger partial charge on any atom is 0.251 e. The zero-order valence-electron chi connectivity index (χ0n) is 18.9. The Kier molecular flexibility index (Phi) is 7.09. The zero-order valence-corrected chi connectivity index (χ0v) is 19.7. The number of nitrogens with zero attached hydrogens (tertiary/aromatic N) is 4. The van der Waals surface area contributed by atoms with Crippen LogP contribution < -0.4 is 5.32 Å². The number of hydrogen-bond acceptors (Lipinski definition) is 5. The Morgan fingerprint density at radius 3 is 2.32 bits per heavy atom. The van der Waals surface area contributed by atoms with Crippen LogP contribution in [0.4, 0.5) is 0 Å². The lowest BCUT2D eigenvalue weighted by molar-refractivity contribution is -0.129. The van der Waals surface area contributed by atoms with Gasteiger partial charge in [-0.15, -0.1) is 0 Å². The molecule has 2 amide bonds. The minimum atomic E-state index is -3.68. The second-order valence-corrected chi connectivity index (χ2v) is 10.1. The topological polar surface area (TPSA) is 105 Å². The summed E-state index contributed by atoms with van der Waals surface area (Å²) in [6.45, 7) is 3.73. The first-order valence-electron chi connectivity index (χ1n) is 11.0. The van der Waals surface area contributed by atoms with E-state index in [2.05, 4.69) is 10.4 Å². The van der Waals surface area contributed by atoms with E-state index in [1.807, 2.05) is 41.2 Å². The van der Waals surface area contributed by atoms with Crippen LogP contribution in [0, 0.1) is 0 Å². The molecule has 0 unspecified atom stereocenters. The van der Waals surface area contributed by atoms with Crippen molar-refractivity contribution in [1.29, 1.82) is 0 Å². The van der Waals surface area contributed by atoms with Crippen molar-refractivity contribution in [2.45, 2.75) is 24.9 Å². The van der Waals surface area contributed by atoms with Gasteiger partial charge in [0.25, 0.3) is 5.91 Å². The Balaban J connectivity index is 1.35. The van der Waals surface area contributed by atoms with Crippen molar-refractivity contribution in [3.63, 3.8) is 0 Å². The number of aromatic nitrogens is 2. The lowest BCUT2D eigenvalue weighted by Gasteiger charge is -2.33. The van der Waals surface area contributed by atoms with Gasteiger partial charge in [-0.05, 0) is 41.5 Å². The van der Waals surface area contributed by atoms with Crippen molar-refractivity contribution in [2.24, 2.45) is 0 Å². The van der Waals surface area contributed by atoms with Crippen LogP contribution in [0.5, 0.6) is 0 Å². The second kappa shape index (κ2) is 10.2. The van der Waals surface area contributed by atoms with E-state index in [0.29, 0.717) is 31.7 Å². The molecule has 0 atom stereocenters. The zero-order chi connectivity index (χ0) is 24.1. The Hall–Kier alpha value is -3.50. The molecule has 0 aliphatic carbocycles. The minimum Gasteiger partial charge on any atom is -0.348 e. The predicted molar refractivity (Wildman–Crippen MR) is 126 cm³/mol. The molecule has 0 bridgehead atoms. The highest BCUT2D eigenvalue weighted by atomic mass is 32.2. The first-order chi connectivity index (χ1) is 16.3. The van der Waals surface area contributed by atoms with E-state index in [0.717, 1.165) is 11.1 Å². The number of benzene rings is 2. The molecular weight excluding hydrogens is 454 g/mol. The number of hydrogen-bond donors (Lipinski definition) is 1. The van der Waals surface area contributed by atoms with Crippen molar-refractivity contribution >= 4 is 21.8 Å². The summed E-state index contributed by atoms with van der Waals surface area (Å²) in [5.41, 5.74) is 2.42. The fourth-order valence-corrected chi connectivity index (χ4v) is 5.30. The molecule has 0 saturated carbocycles. The van der Waals surface area contributed by atoms with Crippen molar-refractivity contribution in [3.05, 3.63) is 83.7 Å². The van der Waals surface area contributed by atoms with E-state index < -0.39 is 10.0 Å². The van der Waals surface area contributed by atoms with Crippen LogP contribution in [0.1, 0.15) is 28.4 Å². The van der Waals surface area contributed by atoms with Crippen LogP contribution in [-0.2, 0) is 27.9 Å². The molecule has 1 N–H and O–H groups in total. The molecule has 9 nitrogen and oxygen atoms in total. The van der Waals surface area contributed by atoms with Crippen LogP contribution in [0.15, 0.2) is 71.9 Å². The summed E-state index contributed by atoms with van der Waals surface area (Å²) in [5.74, 6) is -0.339. The first kappa shape index (κ1) is 23.7. The molecular formula is C24H27N5O4S. The largest absolute Gasteiger partial charge is 0.348 e. The van der Waals surface area contributed by atoms with Gasteiger partial charge in [0.1, 0.15) is 0 Å². The maximum absolute atomic E-state index is 12.9. The van der Waals surface area contributed by atoms with Gasteiger partial charge in [0, 0.05) is 57.6 Å². The highest BCUT2D eigenvalue weighted by molar-refractivity contribution is 7.89. The summed E-state index contributed by atoms with van der Waals surface area (Å²) in [6.07, 6.45) is 3.62. The third kappa shape index (κ3) is 5.52. The van der Waals surface area contributed by atoms with Gasteiger partial charge in [-0.1, -0.05) is 24.3 Å². The summed E-state index contributed by atoms with van der Waals surface area (Å²) >= 11 is 0. The van der Waals surface area contributed by atoms with Gasteiger partial charge in [-0.25, -0.2) is 8.42 Å². The number of carbonyl (C=O) groups excluding carboxylic acids is 2. The third-order valence-corrected chi connectivity index (χ3v) is 7.70. The van der Waals surface area contributed by atoms with Crippen LogP contribution in [0.2, 0.25) is 0 Å². The summed E-state index contributed by atoms with van der Waals surface area (Å²) in [6, 6.07) is 15.7. The summed E-state index contributed by atoms with van der Waals surface area (Å²) in [4.78, 5) is 25.8. The second-order valence-electron chi connectivity index (χ2n) is 8.14. The molecule has 2 aromatic carbocycles. The number of sulfonamides is 1. The van der Waals surface area contributed by atoms with Crippen LogP contribution in [0.25, 0.3) is 0 Å². The Labute approximate surface area is 199 Å².